The summed E-state index contributed by atoms with van der Waals surface area (Å²) in [4.78, 5) is 0. The van der Waals surface area contributed by atoms with Crippen molar-refractivity contribution in [2.45, 2.75) is 0 Å². The number of rotatable bonds is 0. The van der Waals surface area contributed by atoms with E-state index in [9.17, 15) is 0 Å². The summed E-state index contributed by atoms with van der Waals surface area (Å²) in [5, 5.41) is 0. The molecule has 0 heterocycles. The smallest absolute Gasteiger partial charge is 0.412 e. The Bertz CT molecular complexity index is 9.65. The van der Waals surface area contributed by atoms with E-state index in [0.29, 0.717) is 0 Å². The van der Waals surface area contributed by atoms with Crippen LogP contribution in [0.15, 0.2) is 0 Å². The zero-order valence-corrected chi connectivity index (χ0v) is 7.59. The largest absolute Gasteiger partial charge is 4.00 e. The first-order valence-corrected chi connectivity index (χ1v) is 0. The van der Waals surface area contributed by atoms with Gasteiger partial charge in [0, 0.05) is 0 Å². The van der Waals surface area contributed by atoms with Crippen LogP contribution in [0.25, 0.3) is 0 Å². The van der Waals surface area contributed by atoms with Crippen molar-refractivity contribution < 1.29 is 32.0 Å². The van der Waals surface area contributed by atoms with Crippen LogP contribution in [-0.4, -0.2) is 11.0 Å². The molecular formula is C4H16O2Pt. The van der Waals surface area contributed by atoms with Crippen molar-refractivity contribution in [3.05, 3.63) is 29.7 Å². The molecular weight excluding hydrogens is 275 g/mol. The molecule has 0 amide bonds. The first-order chi connectivity index (χ1) is 0. The molecule has 0 aliphatic heterocycles. The molecule has 0 fully saturated rings. The second-order valence-electron chi connectivity index (χ2n) is 0. The van der Waals surface area contributed by atoms with Gasteiger partial charge in [0.2, 0.25) is 0 Å². The summed E-state index contributed by atoms with van der Waals surface area (Å²) in [6.07, 6.45) is 0. The van der Waals surface area contributed by atoms with Gasteiger partial charge in [-0.1, -0.05) is 0 Å². The fourth-order valence-corrected chi connectivity index (χ4v) is 0. The molecule has 0 aliphatic carbocycles. The van der Waals surface area contributed by atoms with E-state index < -0.39 is 0 Å². The molecule has 3 heteroatoms. The standard InChI is InChI=1S/4CH3.2H2O.Pt/h4*1H3;2*1H2;/q4*-1;;;+4. The van der Waals surface area contributed by atoms with Crippen LogP contribution in [-0.2, 0) is 21.1 Å². The van der Waals surface area contributed by atoms with Gasteiger partial charge in [-0.15, -0.1) is 0 Å². The van der Waals surface area contributed by atoms with Crippen LogP contribution in [0.3, 0.4) is 0 Å². The molecule has 0 spiro atoms. The minimum atomic E-state index is 0. The maximum Gasteiger partial charge on any atom is 4.00 e. The quantitative estimate of drug-likeness (QED) is 0.570. The van der Waals surface area contributed by atoms with Crippen LogP contribution in [0.1, 0.15) is 0 Å². The first kappa shape index (κ1) is 898. The third kappa shape index (κ3) is 379. The van der Waals surface area contributed by atoms with Gasteiger partial charge < -0.3 is 40.7 Å². The normalized spacial score (nSPS) is 0. The second-order valence-corrected chi connectivity index (χ2v) is 0. The van der Waals surface area contributed by atoms with Crippen molar-refractivity contribution in [1.29, 1.82) is 0 Å². The molecule has 0 saturated carbocycles. The zero-order valence-electron chi connectivity index (χ0n) is 5.32. The van der Waals surface area contributed by atoms with Gasteiger partial charge in [0.1, 0.15) is 0 Å². The van der Waals surface area contributed by atoms with Gasteiger partial charge in [-0.05, 0) is 0 Å². The fourth-order valence-electron chi connectivity index (χ4n) is 0. The molecule has 0 aromatic rings. The topological polar surface area (TPSA) is 63.0 Å². The molecule has 0 aromatic heterocycles. The van der Waals surface area contributed by atoms with Crippen LogP contribution >= 0.6 is 0 Å². The van der Waals surface area contributed by atoms with E-state index in [1.54, 1.807) is 0 Å². The van der Waals surface area contributed by atoms with Crippen molar-refractivity contribution in [3.8, 4) is 0 Å². The Morgan fingerprint density at radius 1 is 0.429 bits per heavy atom. The van der Waals surface area contributed by atoms with Gasteiger partial charge in [-0.25, -0.2) is 0 Å². The van der Waals surface area contributed by atoms with Crippen LogP contribution < -0.4 is 0 Å². The predicted molar refractivity (Wildman–Crippen MR) is 32.9 cm³/mol. The molecule has 0 atom stereocenters. The Kier molecular flexibility index (Phi) is 72000. The van der Waals surface area contributed by atoms with Gasteiger partial charge in [-0.2, -0.15) is 0 Å². The Morgan fingerprint density at radius 3 is 0.429 bits per heavy atom. The van der Waals surface area contributed by atoms with E-state index >= 15 is 0 Å². The minimum absolute atomic E-state index is 0. The predicted octanol–water partition coefficient (Wildman–Crippen LogP) is 0.149. The average molecular weight is 291 g/mol. The second kappa shape index (κ2) is 562. The van der Waals surface area contributed by atoms with Gasteiger partial charge in [0.25, 0.3) is 0 Å². The van der Waals surface area contributed by atoms with Gasteiger partial charge >= 0.3 is 21.1 Å². The third-order valence-electron chi connectivity index (χ3n) is 0. The Labute approximate surface area is 62.2 Å². The van der Waals surface area contributed by atoms with E-state index in [-0.39, 0.29) is 61.7 Å². The fraction of sp³-hybridized carbons (Fsp3) is 0. The molecule has 0 saturated heterocycles. The van der Waals surface area contributed by atoms with Crippen LogP contribution in [0.2, 0.25) is 0 Å². The van der Waals surface area contributed by atoms with Gasteiger partial charge in [0.05, 0.1) is 0 Å². The summed E-state index contributed by atoms with van der Waals surface area (Å²) in [5.74, 6) is 0. The molecule has 2 nitrogen and oxygen atoms in total. The molecule has 7 heavy (non-hydrogen) atoms. The summed E-state index contributed by atoms with van der Waals surface area (Å²) < 4.78 is 0. The van der Waals surface area contributed by atoms with Crippen LogP contribution in [0, 0.1) is 29.7 Å². The van der Waals surface area contributed by atoms with E-state index in [0.717, 1.165) is 0 Å². The van der Waals surface area contributed by atoms with Crippen molar-refractivity contribution in [2.24, 2.45) is 0 Å². The maximum absolute atomic E-state index is 0. The monoisotopic (exact) mass is 291 g/mol. The summed E-state index contributed by atoms with van der Waals surface area (Å²) in [5.41, 5.74) is 0. The van der Waals surface area contributed by atoms with E-state index in [1.807, 2.05) is 0 Å². The van der Waals surface area contributed by atoms with E-state index in [1.165, 1.54) is 0 Å². The SMILES string of the molecule is O.O.[CH3-].[CH3-].[CH3-].[CH3-].[Pt+4]. The maximum atomic E-state index is 0. The van der Waals surface area contributed by atoms with Crippen LogP contribution in [0.5, 0.6) is 0 Å². The molecule has 0 radical (unpaired) electrons. The summed E-state index contributed by atoms with van der Waals surface area (Å²) in [7, 11) is 0. The molecule has 4 N–H and O–H groups in total. The Balaban J connectivity index is 0. The molecule has 0 unspecified atom stereocenters. The molecule has 0 rings (SSSR count). The number of hydrogen-bond donors (Lipinski definition) is 0. The van der Waals surface area contributed by atoms with E-state index in [2.05, 4.69) is 0 Å². The summed E-state index contributed by atoms with van der Waals surface area (Å²) in [6, 6.07) is 0. The Hall–Kier alpha value is 0.608. The first-order valence-electron chi connectivity index (χ1n) is 0. The van der Waals surface area contributed by atoms with Gasteiger partial charge in [0.15, 0.2) is 0 Å². The van der Waals surface area contributed by atoms with Crippen molar-refractivity contribution in [1.82, 2.24) is 0 Å². The zero-order chi connectivity index (χ0) is 0. The van der Waals surface area contributed by atoms with E-state index in [4.69, 9.17) is 0 Å². The van der Waals surface area contributed by atoms with Crippen LogP contribution in [0.4, 0.5) is 0 Å². The molecule has 0 aliphatic rings. The molecule has 0 bridgehead atoms. The summed E-state index contributed by atoms with van der Waals surface area (Å²) >= 11 is 0. The van der Waals surface area contributed by atoms with Gasteiger partial charge in [-0.3, -0.25) is 0 Å². The average Bonchev–Trinajstić information content (AvgIpc) is 0. The molecule has 0 aromatic carbocycles. The van der Waals surface area contributed by atoms with Crippen molar-refractivity contribution >= 4 is 0 Å². The third-order valence-corrected chi connectivity index (χ3v) is 0. The number of hydrogen-bond acceptors (Lipinski definition) is 0. The van der Waals surface area contributed by atoms with Crippen molar-refractivity contribution in [2.75, 3.05) is 0 Å². The summed E-state index contributed by atoms with van der Waals surface area (Å²) in [6.45, 7) is 0. The van der Waals surface area contributed by atoms with Crippen molar-refractivity contribution in [3.63, 3.8) is 0 Å². The minimum Gasteiger partial charge on any atom is -0.412 e. The Morgan fingerprint density at radius 2 is 0.429 bits per heavy atom. The molecule has 54 valence electrons.